The molecular formula is C19H20N6O2. The Labute approximate surface area is 156 Å². The predicted octanol–water partition coefficient (Wildman–Crippen LogP) is 1.72. The minimum Gasteiger partial charge on any atom is -0.467 e. The molecule has 8 nitrogen and oxygen atoms in total. The van der Waals surface area contributed by atoms with Crippen LogP contribution in [0.3, 0.4) is 0 Å². The fourth-order valence-electron chi connectivity index (χ4n) is 2.98. The first-order valence-corrected chi connectivity index (χ1v) is 8.83. The van der Waals surface area contributed by atoms with Gasteiger partial charge in [-0.05, 0) is 24.3 Å². The molecule has 0 saturated carbocycles. The normalized spacial score (nSPS) is 14.2. The first-order valence-electron chi connectivity index (χ1n) is 8.83. The van der Waals surface area contributed by atoms with E-state index in [-0.39, 0.29) is 11.6 Å². The van der Waals surface area contributed by atoms with E-state index in [4.69, 9.17) is 4.42 Å². The number of amides is 1. The summed E-state index contributed by atoms with van der Waals surface area (Å²) >= 11 is 0. The maximum atomic E-state index is 12.1. The molecule has 1 amide bonds. The van der Waals surface area contributed by atoms with Crippen molar-refractivity contribution in [3.63, 3.8) is 0 Å². The Bertz CT molecular complexity index is 859. The molecule has 4 rings (SSSR count). The van der Waals surface area contributed by atoms with Crippen LogP contribution in [0.15, 0.2) is 59.6 Å². The van der Waals surface area contributed by atoms with Crippen LogP contribution >= 0.6 is 0 Å². The molecule has 0 bridgehead atoms. The van der Waals surface area contributed by atoms with Gasteiger partial charge < -0.3 is 19.5 Å². The molecule has 1 aliphatic rings. The number of hydrogen-bond donors (Lipinski definition) is 1. The highest BCUT2D eigenvalue weighted by molar-refractivity contribution is 5.91. The van der Waals surface area contributed by atoms with Crippen molar-refractivity contribution in [3.05, 3.63) is 66.6 Å². The van der Waals surface area contributed by atoms with Gasteiger partial charge in [0.15, 0.2) is 0 Å². The molecule has 0 aromatic carbocycles. The summed E-state index contributed by atoms with van der Waals surface area (Å²) in [7, 11) is 0. The Morgan fingerprint density at radius 3 is 2.41 bits per heavy atom. The molecule has 0 unspecified atom stereocenters. The zero-order valence-electron chi connectivity index (χ0n) is 14.8. The molecule has 1 N–H and O–H groups in total. The Kier molecular flexibility index (Phi) is 4.95. The number of anilines is 2. The minimum absolute atomic E-state index is 0.273. The average molecular weight is 364 g/mol. The van der Waals surface area contributed by atoms with E-state index in [0.29, 0.717) is 12.3 Å². The van der Waals surface area contributed by atoms with Gasteiger partial charge in [-0.15, -0.1) is 0 Å². The maximum absolute atomic E-state index is 12.1. The van der Waals surface area contributed by atoms with E-state index in [1.54, 1.807) is 24.6 Å². The quantitative estimate of drug-likeness (QED) is 0.737. The second kappa shape index (κ2) is 7.86. The predicted molar refractivity (Wildman–Crippen MR) is 101 cm³/mol. The molecule has 8 heteroatoms. The summed E-state index contributed by atoms with van der Waals surface area (Å²) in [4.78, 5) is 29.6. The first-order chi connectivity index (χ1) is 13.3. The van der Waals surface area contributed by atoms with Crippen molar-refractivity contribution < 1.29 is 9.21 Å². The van der Waals surface area contributed by atoms with Crippen LogP contribution in [0.1, 0.15) is 16.2 Å². The highest BCUT2D eigenvalue weighted by Crippen LogP contribution is 2.16. The monoisotopic (exact) mass is 364 g/mol. The van der Waals surface area contributed by atoms with Crippen molar-refractivity contribution in [1.29, 1.82) is 0 Å². The molecule has 1 saturated heterocycles. The lowest BCUT2D eigenvalue weighted by atomic mass is 10.3. The third-order valence-electron chi connectivity index (χ3n) is 4.45. The summed E-state index contributed by atoms with van der Waals surface area (Å²) < 4.78 is 5.19. The van der Waals surface area contributed by atoms with Gasteiger partial charge in [0.05, 0.1) is 25.2 Å². The van der Waals surface area contributed by atoms with Gasteiger partial charge in [0.1, 0.15) is 23.1 Å². The number of hydrogen-bond acceptors (Lipinski definition) is 7. The van der Waals surface area contributed by atoms with Crippen molar-refractivity contribution >= 4 is 17.5 Å². The third-order valence-corrected chi connectivity index (χ3v) is 4.45. The van der Waals surface area contributed by atoms with Crippen LogP contribution in [0.25, 0.3) is 0 Å². The lowest BCUT2D eigenvalue weighted by Crippen LogP contribution is -2.47. The molecule has 0 atom stereocenters. The largest absolute Gasteiger partial charge is 0.467 e. The summed E-state index contributed by atoms with van der Waals surface area (Å²) in [6.07, 6.45) is 6.54. The van der Waals surface area contributed by atoms with Crippen molar-refractivity contribution in [1.82, 2.24) is 20.3 Å². The lowest BCUT2D eigenvalue weighted by Gasteiger charge is -2.35. The molecule has 138 valence electrons. The Hall–Kier alpha value is -3.42. The molecule has 1 aliphatic heterocycles. The molecule has 3 aromatic heterocycles. The van der Waals surface area contributed by atoms with Crippen molar-refractivity contribution in [2.45, 2.75) is 6.54 Å². The molecule has 0 aliphatic carbocycles. The van der Waals surface area contributed by atoms with E-state index >= 15 is 0 Å². The number of nitrogens with one attached hydrogen (secondary N) is 1. The van der Waals surface area contributed by atoms with E-state index in [0.717, 1.165) is 37.8 Å². The third kappa shape index (κ3) is 4.05. The van der Waals surface area contributed by atoms with E-state index in [2.05, 4.69) is 30.1 Å². The highest BCUT2D eigenvalue weighted by Gasteiger charge is 2.19. The molecular weight excluding hydrogens is 344 g/mol. The Morgan fingerprint density at radius 1 is 0.963 bits per heavy atom. The van der Waals surface area contributed by atoms with Crippen LogP contribution < -0.4 is 15.1 Å². The molecule has 1 fully saturated rings. The van der Waals surface area contributed by atoms with Gasteiger partial charge in [0, 0.05) is 32.4 Å². The van der Waals surface area contributed by atoms with Gasteiger partial charge in [-0.1, -0.05) is 6.07 Å². The van der Waals surface area contributed by atoms with Gasteiger partial charge in [0.25, 0.3) is 5.91 Å². The number of piperazine rings is 1. The number of aromatic nitrogens is 3. The molecule has 0 radical (unpaired) electrons. The van der Waals surface area contributed by atoms with Crippen molar-refractivity contribution in [2.24, 2.45) is 0 Å². The van der Waals surface area contributed by atoms with Crippen molar-refractivity contribution in [2.75, 3.05) is 36.0 Å². The van der Waals surface area contributed by atoms with Gasteiger partial charge in [-0.3, -0.25) is 4.79 Å². The van der Waals surface area contributed by atoms with Crippen LogP contribution in [0.4, 0.5) is 11.6 Å². The van der Waals surface area contributed by atoms with Crippen LogP contribution in [-0.2, 0) is 6.54 Å². The zero-order chi connectivity index (χ0) is 18.5. The standard InChI is InChI=1S/C19H20N6O2/c26-19(23-12-15-4-3-11-27-15)16-13-22-18(14-21-16)25-9-7-24(8-10-25)17-5-1-2-6-20-17/h1-6,11,13-14H,7-10,12H2,(H,23,26). The zero-order valence-corrected chi connectivity index (χ0v) is 14.8. The number of pyridine rings is 1. The number of carbonyl (C=O) groups is 1. The number of rotatable bonds is 5. The van der Waals surface area contributed by atoms with E-state index in [1.165, 1.54) is 6.20 Å². The maximum Gasteiger partial charge on any atom is 0.271 e. The summed E-state index contributed by atoms with van der Waals surface area (Å²) in [5, 5.41) is 2.76. The number of carbonyl (C=O) groups excluding carboxylic acids is 1. The number of nitrogens with zero attached hydrogens (tertiary/aromatic N) is 5. The van der Waals surface area contributed by atoms with Crippen LogP contribution in [0.5, 0.6) is 0 Å². The van der Waals surface area contributed by atoms with Crippen LogP contribution in [0, 0.1) is 0 Å². The van der Waals surface area contributed by atoms with Crippen LogP contribution in [-0.4, -0.2) is 47.0 Å². The first kappa shape index (κ1) is 17.0. The van der Waals surface area contributed by atoms with Gasteiger partial charge in [0.2, 0.25) is 0 Å². The fraction of sp³-hybridized carbons (Fsp3) is 0.263. The topological polar surface area (TPSA) is 87.4 Å². The second-order valence-corrected chi connectivity index (χ2v) is 6.18. The SMILES string of the molecule is O=C(NCc1ccco1)c1cnc(N2CCN(c3ccccn3)CC2)cn1. The van der Waals surface area contributed by atoms with Gasteiger partial charge in [-0.25, -0.2) is 15.0 Å². The smallest absolute Gasteiger partial charge is 0.271 e. The summed E-state index contributed by atoms with van der Waals surface area (Å²) in [5.41, 5.74) is 0.289. The molecule has 27 heavy (non-hydrogen) atoms. The van der Waals surface area contributed by atoms with Gasteiger partial charge >= 0.3 is 0 Å². The molecule has 3 aromatic rings. The Balaban J connectivity index is 1.32. The summed E-state index contributed by atoms with van der Waals surface area (Å²) in [6.45, 7) is 3.71. The summed E-state index contributed by atoms with van der Waals surface area (Å²) in [5.74, 6) is 2.19. The van der Waals surface area contributed by atoms with E-state index in [1.807, 2.05) is 24.4 Å². The summed E-state index contributed by atoms with van der Waals surface area (Å²) in [6, 6.07) is 9.52. The van der Waals surface area contributed by atoms with E-state index in [9.17, 15) is 4.79 Å². The minimum atomic E-state index is -0.273. The average Bonchev–Trinajstić information content (AvgIpc) is 3.27. The lowest BCUT2D eigenvalue weighted by molar-refractivity contribution is 0.0942. The molecule has 0 spiro atoms. The molecule has 4 heterocycles. The van der Waals surface area contributed by atoms with Crippen molar-refractivity contribution in [3.8, 4) is 0 Å². The highest BCUT2D eigenvalue weighted by atomic mass is 16.3. The van der Waals surface area contributed by atoms with Gasteiger partial charge in [-0.2, -0.15) is 0 Å². The Morgan fingerprint density at radius 2 is 1.78 bits per heavy atom. The number of furan rings is 1. The van der Waals surface area contributed by atoms with E-state index < -0.39 is 0 Å². The second-order valence-electron chi connectivity index (χ2n) is 6.18. The fourth-order valence-corrected chi connectivity index (χ4v) is 2.98. The van der Waals surface area contributed by atoms with Crippen LogP contribution in [0.2, 0.25) is 0 Å².